The second kappa shape index (κ2) is 9.34. The number of aliphatic imine (C=N–C) groups is 1. The number of amides is 1. The Morgan fingerprint density at radius 1 is 1.31 bits per heavy atom. The fraction of sp³-hybridized carbons (Fsp3) is 0.524. The van der Waals surface area contributed by atoms with Crippen molar-refractivity contribution in [3.63, 3.8) is 0 Å². The Hall–Kier alpha value is -1.80. The molecule has 0 unspecified atom stereocenters. The van der Waals surface area contributed by atoms with E-state index in [0.29, 0.717) is 16.2 Å². The van der Waals surface area contributed by atoms with Gasteiger partial charge in [-0.1, -0.05) is 50.8 Å². The zero-order valence-corrected chi connectivity index (χ0v) is 18.3. The van der Waals surface area contributed by atoms with E-state index in [0.717, 1.165) is 35.8 Å². The van der Waals surface area contributed by atoms with Crippen LogP contribution in [0.5, 0.6) is 0 Å². The molecule has 0 bridgehead atoms. The van der Waals surface area contributed by atoms with Crippen LogP contribution < -0.4 is 0 Å². The Morgan fingerprint density at radius 2 is 2.14 bits per heavy atom. The molecule has 1 N–H and O–H groups in total. The van der Waals surface area contributed by atoms with Crippen molar-refractivity contribution in [3.8, 4) is 0 Å². The topological polar surface area (TPSA) is 82.0 Å². The lowest BCUT2D eigenvalue weighted by molar-refractivity contribution is -0.114. The van der Waals surface area contributed by atoms with Gasteiger partial charge in [-0.3, -0.25) is 10.2 Å². The first-order valence-corrected chi connectivity index (χ1v) is 12.1. The molecule has 0 spiro atoms. The molecule has 6 nitrogen and oxygen atoms in total. The molecule has 3 aliphatic rings. The number of furan rings is 1. The number of rotatable bonds is 7. The Bertz CT molecular complexity index is 881. The maximum Gasteiger partial charge on any atom is 0.283 e. The van der Waals surface area contributed by atoms with E-state index < -0.39 is 5.91 Å². The van der Waals surface area contributed by atoms with Crippen molar-refractivity contribution < 1.29 is 9.21 Å². The average Bonchev–Trinajstić information content (AvgIpc) is 3.33. The predicted octanol–water partition coefficient (Wildman–Crippen LogP) is 5.90. The van der Waals surface area contributed by atoms with E-state index in [1.165, 1.54) is 48.9 Å². The van der Waals surface area contributed by atoms with Gasteiger partial charge in [0.05, 0.1) is 5.57 Å². The van der Waals surface area contributed by atoms with Gasteiger partial charge in [0.15, 0.2) is 10.9 Å². The van der Waals surface area contributed by atoms with E-state index in [9.17, 15) is 4.79 Å². The maximum atomic E-state index is 12.5. The summed E-state index contributed by atoms with van der Waals surface area (Å²) in [4.78, 5) is 16.7. The molecular weight excluding hydrogens is 404 g/mol. The number of thioether (sulfide) groups is 2. The normalized spacial score (nSPS) is 21.6. The van der Waals surface area contributed by atoms with Crippen molar-refractivity contribution in [3.05, 3.63) is 23.5 Å². The first-order chi connectivity index (χ1) is 14.1. The number of amidine groups is 2. The average molecular weight is 431 g/mol. The highest BCUT2D eigenvalue weighted by molar-refractivity contribution is 8.26. The van der Waals surface area contributed by atoms with Gasteiger partial charge in [-0.2, -0.15) is 15.1 Å². The number of nitrogens with zero attached hydrogens (tertiary/aromatic N) is 3. The van der Waals surface area contributed by atoms with E-state index in [1.807, 2.05) is 12.1 Å². The number of nitrogens with one attached hydrogen (secondary N) is 1. The Labute approximate surface area is 179 Å². The summed E-state index contributed by atoms with van der Waals surface area (Å²) in [5.74, 6) is 0.238. The fourth-order valence-corrected chi connectivity index (χ4v) is 5.74. The summed E-state index contributed by atoms with van der Waals surface area (Å²) in [6.07, 6.45) is 12.2. The smallest absolute Gasteiger partial charge is 0.283 e. The maximum absolute atomic E-state index is 12.5. The molecular formula is C21H26N4O2S2. The molecule has 1 amide bonds. The van der Waals surface area contributed by atoms with Crippen molar-refractivity contribution in [2.75, 3.05) is 0 Å². The summed E-state index contributed by atoms with van der Waals surface area (Å²) in [5, 5.41) is 17.3. The van der Waals surface area contributed by atoms with E-state index >= 15 is 0 Å². The van der Waals surface area contributed by atoms with Gasteiger partial charge in [-0.15, -0.1) is 0 Å². The molecule has 0 aromatic carbocycles. The van der Waals surface area contributed by atoms with Crippen LogP contribution in [-0.2, 0) is 4.79 Å². The lowest BCUT2D eigenvalue weighted by atomic mass is 10.0. The fourth-order valence-electron chi connectivity index (χ4n) is 3.62. The molecule has 1 fully saturated rings. The highest BCUT2D eigenvalue weighted by Crippen LogP contribution is 2.35. The summed E-state index contributed by atoms with van der Waals surface area (Å²) in [6, 6.07) is 3.81. The summed E-state index contributed by atoms with van der Waals surface area (Å²) in [5.41, 5.74) is 0.219. The molecule has 154 valence electrons. The van der Waals surface area contributed by atoms with E-state index in [2.05, 4.69) is 17.0 Å². The van der Waals surface area contributed by atoms with Crippen LogP contribution in [-0.4, -0.2) is 32.2 Å². The van der Waals surface area contributed by atoms with E-state index in [1.54, 1.807) is 17.8 Å². The van der Waals surface area contributed by atoms with Crippen molar-refractivity contribution >= 4 is 51.6 Å². The van der Waals surface area contributed by atoms with Gasteiger partial charge >= 0.3 is 0 Å². The summed E-state index contributed by atoms with van der Waals surface area (Å²) in [7, 11) is 0. The number of carbonyl (C=O) groups is 1. The predicted molar refractivity (Wildman–Crippen MR) is 121 cm³/mol. The monoisotopic (exact) mass is 430 g/mol. The van der Waals surface area contributed by atoms with Crippen LogP contribution in [0.25, 0.3) is 6.08 Å². The van der Waals surface area contributed by atoms with Gasteiger partial charge in [0.1, 0.15) is 10.8 Å². The van der Waals surface area contributed by atoms with Crippen molar-refractivity contribution in [1.82, 2.24) is 5.01 Å². The zero-order valence-electron chi connectivity index (χ0n) is 16.6. The lowest BCUT2D eigenvalue weighted by Gasteiger charge is -2.20. The molecule has 1 aliphatic carbocycles. The van der Waals surface area contributed by atoms with Gasteiger partial charge in [0, 0.05) is 5.25 Å². The van der Waals surface area contributed by atoms with Crippen LogP contribution in [0.1, 0.15) is 70.5 Å². The third-order valence-electron chi connectivity index (χ3n) is 5.21. The largest absolute Gasteiger partial charge is 0.450 e. The molecule has 2 aliphatic heterocycles. The van der Waals surface area contributed by atoms with Crippen LogP contribution in [0.4, 0.5) is 0 Å². The van der Waals surface area contributed by atoms with Gasteiger partial charge in [-0.05, 0) is 55.7 Å². The number of hydrogen-bond acceptors (Lipinski definition) is 6. The zero-order chi connectivity index (χ0) is 20.2. The minimum Gasteiger partial charge on any atom is -0.450 e. The minimum atomic E-state index is -0.406. The summed E-state index contributed by atoms with van der Waals surface area (Å²) in [6.45, 7) is 2.16. The van der Waals surface area contributed by atoms with Crippen LogP contribution >= 0.6 is 23.5 Å². The Kier molecular flexibility index (Phi) is 6.60. The van der Waals surface area contributed by atoms with Crippen molar-refractivity contribution in [1.29, 1.82) is 5.41 Å². The first-order valence-electron chi connectivity index (χ1n) is 10.4. The number of fused-ring (bicyclic) bond motifs is 1. The molecule has 8 heteroatoms. The molecule has 4 rings (SSSR count). The second-order valence-corrected chi connectivity index (χ2v) is 9.85. The standard InChI is InChI=1S/C21H26N4O2S2/c1-2-3-5-10-17-24-25-19(22)16(20(26)23-21(25)29-17)13-14-11-12-18(27-14)28-15-8-6-4-7-9-15/h11-13,15,22H,2-10H2,1H3/b16-13-,22-19?. The quantitative estimate of drug-likeness (QED) is 0.430. The molecule has 1 aromatic rings. The third kappa shape index (κ3) is 4.86. The molecule has 0 radical (unpaired) electrons. The number of carbonyl (C=O) groups excluding carboxylic acids is 1. The van der Waals surface area contributed by atoms with Crippen molar-refractivity contribution in [2.45, 2.75) is 75.1 Å². The highest BCUT2D eigenvalue weighted by Gasteiger charge is 2.35. The first kappa shape index (κ1) is 20.5. The third-order valence-corrected chi connectivity index (χ3v) is 7.44. The molecule has 1 aromatic heterocycles. The molecule has 1 saturated carbocycles. The van der Waals surface area contributed by atoms with E-state index in [4.69, 9.17) is 9.83 Å². The molecule has 0 saturated heterocycles. The number of hydrazone groups is 1. The number of hydrogen-bond donors (Lipinski definition) is 1. The lowest BCUT2D eigenvalue weighted by Crippen LogP contribution is -2.35. The van der Waals surface area contributed by atoms with Crippen LogP contribution in [0.3, 0.4) is 0 Å². The van der Waals surface area contributed by atoms with Crippen molar-refractivity contribution in [2.24, 2.45) is 10.1 Å². The SMILES string of the molecule is CCCCCC1=NN2C(=N)/C(=C/c3ccc(SC4CCCCC4)o3)C(=O)N=C2S1. The van der Waals surface area contributed by atoms with Crippen LogP contribution in [0.2, 0.25) is 0 Å². The molecule has 29 heavy (non-hydrogen) atoms. The number of unbranched alkanes of at least 4 members (excludes halogenated alkanes) is 2. The summed E-state index contributed by atoms with van der Waals surface area (Å²) >= 11 is 3.17. The van der Waals surface area contributed by atoms with Gasteiger partial charge in [0.2, 0.25) is 5.17 Å². The van der Waals surface area contributed by atoms with Gasteiger partial charge < -0.3 is 4.42 Å². The van der Waals surface area contributed by atoms with Gasteiger partial charge in [0.25, 0.3) is 5.91 Å². The molecule has 3 heterocycles. The summed E-state index contributed by atoms with van der Waals surface area (Å²) < 4.78 is 5.91. The Morgan fingerprint density at radius 3 is 2.93 bits per heavy atom. The Balaban J connectivity index is 1.45. The molecule has 0 atom stereocenters. The van der Waals surface area contributed by atoms with E-state index in [-0.39, 0.29) is 11.4 Å². The van der Waals surface area contributed by atoms with Crippen LogP contribution in [0.15, 0.2) is 37.3 Å². The van der Waals surface area contributed by atoms with Gasteiger partial charge in [-0.25, -0.2) is 0 Å². The highest BCUT2D eigenvalue weighted by atomic mass is 32.2. The minimum absolute atomic E-state index is 0.0656. The van der Waals surface area contributed by atoms with Crippen LogP contribution in [0, 0.1) is 5.41 Å². The second-order valence-electron chi connectivity index (χ2n) is 7.51.